The number of fused-ring (bicyclic) bond motifs is 1. The third kappa shape index (κ3) is 3.37. The zero-order valence-corrected chi connectivity index (χ0v) is 16.2. The van der Waals surface area contributed by atoms with E-state index in [0.29, 0.717) is 31.9 Å². The predicted octanol–water partition coefficient (Wildman–Crippen LogP) is 3.22. The van der Waals surface area contributed by atoms with Crippen molar-refractivity contribution in [2.45, 2.75) is 39.8 Å². The average Bonchev–Trinajstić information content (AvgIpc) is 3.21. The van der Waals surface area contributed by atoms with E-state index in [2.05, 4.69) is 36.1 Å². The summed E-state index contributed by atoms with van der Waals surface area (Å²) in [7, 11) is 0. The molecule has 1 unspecified atom stereocenters. The Balaban J connectivity index is 1.61. The number of rotatable bonds is 3. The van der Waals surface area contributed by atoms with Gasteiger partial charge in [-0.25, -0.2) is 0 Å². The maximum absolute atomic E-state index is 13.3. The Morgan fingerprint density at radius 2 is 2.11 bits per heavy atom. The maximum Gasteiger partial charge on any atom is 0.270 e. The van der Waals surface area contributed by atoms with Crippen LogP contribution in [0.1, 0.15) is 33.6 Å². The molecular weight excluding hydrogens is 340 g/mol. The zero-order chi connectivity index (χ0) is 19.0. The van der Waals surface area contributed by atoms with Crippen LogP contribution in [0, 0.1) is 20.8 Å². The van der Waals surface area contributed by atoms with Gasteiger partial charge in [0.15, 0.2) is 0 Å². The van der Waals surface area contributed by atoms with Crippen LogP contribution in [-0.2, 0) is 11.3 Å². The van der Waals surface area contributed by atoms with Crippen LogP contribution in [0.3, 0.4) is 0 Å². The molecule has 4 rings (SSSR count). The summed E-state index contributed by atoms with van der Waals surface area (Å²) in [5.41, 5.74) is 5.15. The largest absolute Gasteiger partial charge is 0.374 e. The van der Waals surface area contributed by atoms with Crippen molar-refractivity contribution in [2.75, 3.05) is 19.7 Å². The van der Waals surface area contributed by atoms with Crippen LogP contribution >= 0.6 is 0 Å². The molecule has 1 atom stereocenters. The lowest BCUT2D eigenvalue weighted by atomic mass is 10.0. The van der Waals surface area contributed by atoms with Crippen LogP contribution in [0.2, 0.25) is 0 Å². The lowest BCUT2D eigenvalue weighted by molar-refractivity contribution is 0.0365. The molecule has 0 saturated carbocycles. The number of carbonyl (C=O) groups excluding carboxylic acids is 1. The Morgan fingerprint density at radius 3 is 2.85 bits per heavy atom. The van der Waals surface area contributed by atoms with Crippen LogP contribution in [0.25, 0.3) is 10.9 Å². The van der Waals surface area contributed by atoms with E-state index in [-0.39, 0.29) is 12.0 Å². The van der Waals surface area contributed by atoms with E-state index in [4.69, 9.17) is 4.74 Å². The molecule has 0 radical (unpaired) electrons. The average molecular weight is 366 g/mol. The Bertz CT molecular complexity index is 958. The van der Waals surface area contributed by atoms with E-state index in [9.17, 15) is 4.79 Å². The highest BCUT2D eigenvalue weighted by Gasteiger charge is 2.27. The topological polar surface area (TPSA) is 63.1 Å². The summed E-state index contributed by atoms with van der Waals surface area (Å²) in [5, 5.41) is 5.42. The minimum Gasteiger partial charge on any atom is -0.374 e. The fourth-order valence-electron chi connectivity index (χ4n) is 3.98. The van der Waals surface area contributed by atoms with Crippen LogP contribution < -0.4 is 0 Å². The smallest absolute Gasteiger partial charge is 0.270 e. The van der Waals surface area contributed by atoms with Gasteiger partial charge in [0, 0.05) is 43.0 Å². The van der Waals surface area contributed by atoms with Crippen LogP contribution in [0.15, 0.2) is 30.6 Å². The fraction of sp³-hybridized carbons (Fsp3) is 0.429. The molecule has 1 aromatic carbocycles. The summed E-state index contributed by atoms with van der Waals surface area (Å²) in [6.45, 7) is 8.81. The number of carbonyl (C=O) groups is 1. The van der Waals surface area contributed by atoms with Gasteiger partial charge < -0.3 is 14.6 Å². The minimum atomic E-state index is -0.0514. The molecule has 6 nitrogen and oxygen atoms in total. The lowest BCUT2D eigenvalue weighted by Gasteiger charge is -2.24. The normalized spacial score (nSPS) is 18.0. The Kier molecular flexibility index (Phi) is 4.74. The van der Waals surface area contributed by atoms with Crippen molar-refractivity contribution >= 4 is 16.8 Å². The molecule has 142 valence electrons. The highest BCUT2D eigenvalue weighted by Crippen LogP contribution is 2.28. The minimum absolute atomic E-state index is 0.0514. The van der Waals surface area contributed by atoms with Crippen molar-refractivity contribution in [3.8, 4) is 0 Å². The van der Waals surface area contributed by atoms with E-state index in [1.54, 1.807) is 6.20 Å². The third-order valence-corrected chi connectivity index (χ3v) is 5.42. The summed E-state index contributed by atoms with van der Waals surface area (Å²) in [6.07, 6.45) is 4.48. The summed E-state index contributed by atoms with van der Waals surface area (Å²) in [6, 6.07) is 6.12. The molecule has 0 spiro atoms. The summed E-state index contributed by atoms with van der Waals surface area (Å²) in [5.74, 6) is 0.0541. The van der Waals surface area contributed by atoms with Gasteiger partial charge in [-0.1, -0.05) is 12.1 Å². The molecule has 27 heavy (non-hydrogen) atoms. The monoisotopic (exact) mass is 366 g/mol. The summed E-state index contributed by atoms with van der Waals surface area (Å²) < 4.78 is 7.82. The molecule has 1 fully saturated rings. The lowest BCUT2D eigenvalue weighted by Crippen LogP contribution is -2.39. The Hall–Kier alpha value is -2.60. The highest BCUT2D eigenvalue weighted by atomic mass is 16.5. The van der Waals surface area contributed by atoms with Crippen LogP contribution in [0.4, 0.5) is 0 Å². The number of ether oxygens (including phenoxy) is 1. The predicted molar refractivity (Wildman–Crippen MR) is 105 cm³/mol. The molecule has 6 heteroatoms. The van der Waals surface area contributed by atoms with Gasteiger partial charge in [0.05, 0.1) is 12.6 Å². The van der Waals surface area contributed by atoms with Crippen molar-refractivity contribution in [1.29, 1.82) is 0 Å². The van der Waals surface area contributed by atoms with Crippen LogP contribution in [-0.4, -0.2) is 51.4 Å². The molecule has 1 N–H and O–H groups in total. The van der Waals surface area contributed by atoms with Crippen molar-refractivity contribution in [3.05, 3.63) is 53.0 Å². The number of benzene rings is 1. The van der Waals surface area contributed by atoms with Crippen molar-refractivity contribution in [2.24, 2.45) is 0 Å². The van der Waals surface area contributed by atoms with Gasteiger partial charge in [0.2, 0.25) is 0 Å². The summed E-state index contributed by atoms with van der Waals surface area (Å²) in [4.78, 5) is 18.7. The molecular formula is C21H26N4O2. The standard InChI is InChI=1S/C21H26N4O2/c1-14-6-7-15(2)19-18(14)16(3)20(23-19)21(26)24-9-5-11-27-17(12-24)13-25-10-4-8-22-25/h4,6-8,10,17,23H,5,9,11-13H2,1-3H3. The number of aromatic amines is 1. The molecule has 3 aromatic rings. The van der Waals surface area contributed by atoms with Gasteiger partial charge in [-0.15, -0.1) is 0 Å². The number of amides is 1. The van der Waals surface area contributed by atoms with Gasteiger partial charge in [0.25, 0.3) is 5.91 Å². The van der Waals surface area contributed by atoms with E-state index >= 15 is 0 Å². The molecule has 1 saturated heterocycles. The summed E-state index contributed by atoms with van der Waals surface area (Å²) >= 11 is 0. The molecule has 1 aliphatic rings. The number of H-pyrrole nitrogens is 1. The maximum atomic E-state index is 13.3. The van der Waals surface area contributed by atoms with Gasteiger partial charge >= 0.3 is 0 Å². The molecule has 3 heterocycles. The van der Waals surface area contributed by atoms with E-state index in [1.807, 2.05) is 28.8 Å². The van der Waals surface area contributed by atoms with Gasteiger partial charge in [0.1, 0.15) is 5.69 Å². The van der Waals surface area contributed by atoms with Gasteiger partial charge in [-0.3, -0.25) is 9.48 Å². The second-order valence-electron chi connectivity index (χ2n) is 7.40. The van der Waals surface area contributed by atoms with Crippen molar-refractivity contribution in [1.82, 2.24) is 19.7 Å². The number of aryl methyl sites for hydroxylation is 3. The molecule has 0 bridgehead atoms. The first-order valence-electron chi connectivity index (χ1n) is 9.51. The molecule has 2 aromatic heterocycles. The van der Waals surface area contributed by atoms with E-state index in [0.717, 1.165) is 28.5 Å². The Morgan fingerprint density at radius 1 is 1.30 bits per heavy atom. The zero-order valence-electron chi connectivity index (χ0n) is 16.2. The van der Waals surface area contributed by atoms with Gasteiger partial charge in [-0.2, -0.15) is 5.10 Å². The quantitative estimate of drug-likeness (QED) is 0.774. The second kappa shape index (κ2) is 7.19. The van der Waals surface area contributed by atoms with Crippen LogP contribution in [0.5, 0.6) is 0 Å². The number of nitrogens with zero attached hydrogens (tertiary/aromatic N) is 3. The van der Waals surface area contributed by atoms with Crippen molar-refractivity contribution in [3.63, 3.8) is 0 Å². The molecule has 0 aliphatic carbocycles. The Labute approximate surface area is 159 Å². The first-order valence-corrected chi connectivity index (χ1v) is 9.51. The van der Waals surface area contributed by atoms with Crippen molar-refractivity contribution < 1.29 is 9.53 Å². The molecule has 1 aliphatic heterocycles. The first kappa shape index (κ1) is 17.8. The number of hydrogen-bond acceptors (Lipinski definition) is 3. The van der Waals surface area contributed by atoms with E-state index < -0.39 is 0 Å². The number of aromatic nitrogens is 3. The van der Waals surface area contributed by atoms with E-state index in [1.165, 1.54) is 5.56 Å². The first-order chi connectivity index (χ1) is 13.0. The number of nitrogens with one attached hydrogen (secondary N) is 1. The number of hydrogen-bond donors (Lipinski definition) is 1. The SMILES string of the molecule is Cc1ccc(C)c2c(C)c(C(=O)N3CCCOC(Cn4cccn4)C3)[nH]c12. The second-order valence-corrected chi connectivity index (χ2v) is 7.40. The molecule has 1 amide bonds. The highest BCUT2D eigenvalue weighted by molar-refractivity contribution is 6.02. The third-order valence-electron chi connectivity index (χ3n) is 5.42. The van der Waals surface area contributed by atoms with Gasteiger partial charge in [-0.05, 0) is 49.9 Å². The fourth-order valence-corrected chi connectivity index (χ4v) is 3.98.